The Morgan fingerprint density at radius 1 is 0.821 bits per heavy atom. The van der Waals surface area contributed by atoms with Crippen LogP contribution in [0, 0.1) is 10.1 Å². The first-order chi connectivity index (χ1) is 18.8. The van der Waals surface area contributed by atoms with Crippen LogP contribution in [0.15, 0.2) is 107 Å². The minimum Gasteiger partial charge on any atom is -0.422 e. The lowest BCUT2D eigenvalue weighted by atomic mass is 10.1. The zero-order chi connectivity index (χ0) is 27.8. The van der Waals surface area contributed by atoms with Gasteiger partial charge in [-0.3, -0.25) is 19.7 Å². The third kappa shape index (κ3) is 7.21. The molecule has 39 heavy (non-hydrogen) atoms. The van der Waals surface area contributed by atoms with Crippen molar-refractivity contribution in [2.24, 2.45) is 5.10 Å². The number of rotatable bonds is 8. The molecule has 0 aliphatic carbocycles. The number of hydrogen-bond acceptors (Lipinski definition) is 7. The quantitative estimate of drug-likeness (QED) is 0.0906. The second-order valence-corrected chi connectivity index (χ2v) is 8.89. The highest BCUT2D eigenvalue weighted by Crippen LogP contribution is 2.23. The number of carbonyl (C=O) groups is 3. The summed E-state index contributed by atoms with van der Waals surface area (Å²) in [5, 5.41) is 17.5. The molecule has 4 rings (SSSR count). The van der Waals surface area contributed by atoms with Gasteiger partial charge in [-0.25, -0.2) is 10.2 Å². The number of non-ortho nitro benzene ring substituents is 1. The summed E-state index contributed by atoms with van der Waals surface area (Å²) >= 11 is 3.34. The monoisotopic (exact) mass is 586 g/mol. The Hall–Kier alpha value is -5.16. The Kier molecular flexibility index (Phi) is 8.54. The first-order valence-electron chi connectivity index (χ1n) is 11.4. The molecule has 0 spiro atoms. The van der Waals surface area contributed by atoms with Gasteiger partial charge in [-0.1, -0.05) is 40.2 Å². The lowest BCUT2D eigenvalue weighted by Gasteiger charge is -2.08. The number of nitrogens with zero attached hydrogens (tertiary/aromatic N) is 2. The van der Waals surface area contributed by atoms with Crippen LogP contribution in [0.3, 0.4) is 0 Å². The van der Waals surface area contributed by atoms with E-state index in [-0.39, 0.29) is 28.5 Å². The first-order valence-corrected chi connectivity index (χ1v) is 12.2. The number of nitro benzene ring substituents is 1. The standard InChI is InChI=1S/C28H19BrN4O6/c29-22-11-14-25(39-28(36)19-9-12-24(13-10-19)33(37)38)21(15-22)17-30-32-27(35)20-7-4-8-23(16-20)31-26(34)18-5-2-1-3-6-18/h1-17H,(H,31,34)(H,32,35). The summed E-state index contributed by atoms with van der Waals surface area (Å²) in [6, 6.07) is 24.9. The van der Waals surface area contributed by atoms with E-state index in [0.29, 0.717) is 21.3 Å². The molecule has 0 atom stereocenters. The average molecular weight is 587 g/mol. The van der Waals surface area contributed by atoms with Gasteiger partial charge in [0.05, 0.1) is 16.7 Å². The van der Waals surface area contributed by atoms with Crippen molar-refractivity contribution in [3.05, 3.63) is 134 Å². The number of nitro groups is 1. The van der Waals surface area contributed by atoms with E-state index in [1.807, 2.05) is 6.07 Å². The van der Waals surface area contributed by atoms with E-state index >= 15 is 0 Å². The minimum atomic E-state index is -0.722. The van der Waals surface area contributed by atoms with Gasteiger partial charge in [-0.05, 0) is 60.7 Å². The second kappa shape index (κ2) is 12.4. The average Bonchev–Trinajstić information content (AvgIpc) is 2.95. The number of hydrogen-bond donors (Lipinski definition) is 2. The van der Waals surface area contributed by atoms with Crippen molar-refractivity contribution in [3.63, 3.8) is 0 Å². The fourth-order valence-electron chi connectivity index (χ4n) is 3.35. The lowest BCUT2D eigenvalue weighted by Crippen LogP contribution is -2.18. The van der Waals surface area contributed by atoms with Gasteiger partial charge in [0.25, 0.3) is 17.5 Å². The number of esters is 1. The normalized spacial score (nSPS) is 10.6. The molecule has 4 aromatic rings. The van der Waals surface area contributed by atoms with Crippen molar-refractivity contribution in [1.82, 2.24) is 5.43 Å². The molecule has 0 saturated carbocycles. The van der Waals surface area contributed by atoms with E-state index in [1.165, 1.54) is 42.6 Å². The SMILES string of the molecule is O=C(NN=Cc1cc(Br)ccc1OC(=O)c1ccc([N+](=O)[O-])cc1)c1cccc(NC(=O)c2ccccc2)c1. The predicted molar refractivity (Wildman–Crippen MR) is 148 cm³/mol. The van der Waals surface area contributed by atoms with E-state index in [4.69, 9.17) is 4.74 Å². The number of ether oxygens (including phenoxy) is 1. The van der Waals surface area contributed by atoms with Crippen LogP contribution in [-0.4, -0.2) is 28.9 Å². The van der Waals surface area contributed by atoms with Crippen LogP contribution in [-0.2, 0) is 0 Å². The second-order valence-electron chi connectivity index (χ2n) is 7.98. The molecule has 0 saturated heterocycles. The van der Waals surface area contributed by atoms with Gasteiger partial charge >= 0.3 is 5.97 Å². The largest absolute Gasteiger partial charge is 0.422 e. The summed E-state index contributed by atoms with van der Waals surface area (Å²) in [6.07, 6.45) is 1.31. The maximum absolute atomic E-state index is 12.7. The van der Waals surface area contributed by atoms with Crippen LogP contribution >= 0.6 is 15.9 Å². The third-order valence-corrected chi connectivity index (χ3v) is 5.77. The maximum Gasteiger partial charge on any atom is 0.343 e. The molecular formula is C28H19BrN4O6. The third-order valence-electron chi connectivity index (χ3n) is 5.28. The number of carbonyl (C=O) groups excluding carboxylic acids is 3. The van der Waals surface area contributed by atoms with Gasteiger partial charge in [-0.15, -0.1) is 0 Å². The van der Waals surface area contributed by atoms with Gasteiger partial charge in [0.2, 0.25) is 0 Å². The van der Waals surface area contributed by atoms with E-state index in [2.05, 4.69) is 31.8 Å². The van der Waals surface area contributed by atoms with Crippen LogP contribution < -0.4 is 15.5 Å². The van der Waals surface area contributed by atoms with Crippen molar-refractivity contribution < 1.29 is 24.0 Å². The Bertz CT molecular complexity index is 1570. The molecule has 0 aliphatic rings. The number of hydrazone groups is 1. The zero-order valence-corrected chi connectivity index (χ0v) is 21.6. The Morgan fingerprint density at radius 3 is 2.26 bits per heavy atom. The van der Waals surface area contributed by atoms with Gasteiger partial charge < -0.3 is 10.1 Å². The summed E-state index contributed by atoms with van der Waals surface area (Å²) in [5.74, 6) is -1.40. The summed E-state index contributed by atoms with van der Waals surface area (Å²) < 4.78 is 6.12. The van der Waals surface area contributed by atoms with Crippen LogP contribution in [0.1, 0.15) is 36.6 Å². The highest BCUT2D eigenvalue weighted by atomic mass is 79.9. The molecule has 0 fully saturated rings. The number of halogens is 1. The molecule has 0 aliphatic heterocycles. The van der Waals surface area contributed by atoms with Crippen LogP contribution in [0.2, 0.25) is 0 Å². The summed E-state index contributed by atoms with van der Waals surface area (Å²) in [4.78, 5) is 47.9. The van der Waals surface area contributed by atoms with Crippen LogP contribution in [0.4, 0.5) is 11.4 Å². The maximum atomic E-state index is 12.7. The molecule has 0 unspecified atom stereocenters. The highest BCUT2D eigenvalue weighted by Gasteiger charge is 2.14. The van der Waals surface area contributed by atoms with E-state index < -0.39 is 16.8 Å². The Labute approximate surface area is 230 Å². The molecule has 0 heterocycles. The molecule has 194 valence electrons. The molecule has 2 amide bonds. The van der Waals surface area contributed by atoms with E-state index in [0.717, 1.165) is 0 Å². The van der Waals surface area contributed by atoms with Gasteiger partial charge in [0, 0.05) is 39.0 Å². The van der Waals surface area contributed by atoms with Crippen molar-refractivity contribution >= 4 is 51.3 Å². The smallest absolute Gasteiger partial charge is 0.343 e. The molecular weight excluding hydrogens is 568 g/mol. The molecule has 2 N–H and O–H groups in total. The highest BCUT2D eigenvalue weighted by molar-refractivity contribution is 9.10. The van der Waals surface area contributed by atoms with Gasteiger partial charge in [-0.2, -0.15) is 5.10 Å². The minimum absolute atomic E-state index is 0.124. The molecule has 0 aromatic heterocycles. The fraction of sp³-hybridized carbons (Fsp3) is 0. The summed E-state index contributed by atoms with van der Waals surface area (Å²) in [6.45, 7) is 0. The molecule has 0 bridgehead atoms. The molecule has 11 heteroatoms. The summed E-state index contributed by atoms with van der Waals surface area (Å²) in [7, 11) is 0. The van der Waals surface area contributed by atoms with Gasteiger partial charge in [0.1, 0.15) is 5.75 Å². The van der Waals surface area contributed by atoms with Crippen molar-refractivity contribution in [3.8, 4) is 5.75 Å². The van der Waals surface area contributed by atoms with Crippen molar-refractivity contribution in [2.45, 2.75) is 0 Å². The lowest BCUT2D eigenvalue weighted by molar-refractivity contribution is -0.384. The number of nitrogens with one attached hydrogen (secondary N) is 2. The Balaban J connectivity index is 1.42. The number of benzene rings is 4. The Morgan fingerprint density at radius 2 is 1.54 bits per heavy atom. The van der Waals surface area contributed by atoms with Crippen LogP contribution in [0.5, 0.6) is 5.75 Å². The van der Waals surface area contributed by atoms with Crippen molar-refractivity contribution in [2.75, 3.05) is 5.32 Å². The molecule has 0 radical (unpaired) electrons. The van der Waals surface area contributed by atoms with E-state index in [1.54, 1.807) is 54.6 Å². The topological polar surface area (TPSA) is 140 Å². The van der Waals surface area contributed by atoms with Crippen LogP contribution in [0.25, 0.3) is 0 Å². The number of anilines is 1. The fourth-order valence-corrected chi connectivity index (χ4v) is 3.73. The molecule has 4 aromatic carbocycles. The number of amides is 2. The predicted octanol–water partition coefficient (Wildman–Crippen LogP) is 5.59. The zero-order valence-electron chi connectivity index (χ0n) is 20.0. The van der Waals surface area contributed by atoms with E-state index in [9.17, 15) is 24.5 Å². The first kappa shape index (κ1) is 26.9. The van der Waals surface area contributed by atoms with Gasteiger partial charge in [0.15, 0.2) is 0 Å². The van der Waals surface area contributed by atoms with Crippen molar-refractivity contribution in [1.29, 1.82) is 0 Å². The summed E-state index contributed by atoms with van der Waals surface area (Å²) in [5.41, 5.74) is 3.94. The molecule has 10 nitrogen and oxygen atoms in total.